The molecule has 1 atom stereocenters. The number of imidazole rings is 1. The van der Waals surface area contributed by atoms with Crippen molar-refractivity contribution in [3.8, 4) is 11.3 Å². The van der Waals surface area contributed by atoms with Gasteiger partial charge >= 0.3 is 0 Å². The van der Waals surface area contributed by atoms with Crippen LogP contribution in [-0.2, 0) is 4.74 Å². The van der Waals surface area contributed by atoms with E-state index in [1.165, 1.54) is 12.1 Å². The fourth-order valence-electron chi connectivity index (χ4n) is 4.22. The number of hydrogen-bond donors (Lipinski definition) is 0. The summed E-state index contributed by atoms with van der Waals surface area (Å²) in [5.41, 5.74) is 5.24. The first-order chi connectivity index (χ1) is 17.0. The third kappa shape index (κ3) is 3.83. The summed E-state index contributed by atoms with van der Waals surface area (Å²) in [5, 5.41) is 0. The minimum Gasteiger partial charge on any atom is -0.369 e. The standard InChI is InChI=1S/C26H20F2N6O/c1-14-15(2)31-26-24(30-14)23(19-5-4-18(27)12-20(19)28)32-25(33-26)16-7-10-35-21(11-16)17-3-6-22-29-8-9-34(22)13-17/h3-6,8-9,11-13,21H,7,10H2,1-2H3. The third-order valence-corrected chi connectivity index (χ3v) is 6.18. The molecule has 6 rings (SSSR count). The predicted molar refractivity (Wildman–Crippen MR) is 126 cm³/mol. The molecule has 1 unspecified atom stereocenters. The van der Waals surface area contributed by atoms with E-state index in [-0.39, 0.29) is 17.4 Å². The van der Waals surface area contributed by atoms with Crippen molar-refractivity contribution in [2.24, 2.45) is 0 Å². The van der Waals surface area contributed by atoms with Gasteiger partial charge in [-0.1, -0.05) is 6.07 Å². The molecule has 0 amide bonds. The molecule has 0 aliphatic carbocycles. The highest BCUT2D eigenvalue weighted by molar-refractivity contribution is 5.88. The van der Waals surface area contributed by atoms with E-state index in [1.807, 2.05) is 48.9 Å². The molecule has 174 valence electrons. The van der Waals surface area contributed by atoms with Crippen LogP contribution >= 0.6 is 0 Å². The lowest BCUT2D eigenvalue weighted by molar-refractivity contribution is 0.0823. The van der Waals surface area contributed by atoms with Crippen LogP contribution in [0.3, 0.4) is 0 Å². The first kappa shape index (κ1) is 21.4. The number of nitrogens with zero attached hydrogens (tertiary/aromatic N) is 6. The summed E-state index contributed by atoms with van der Waals surface area (Å²) in [6, 6.07) is 7.33. The molecule has 1 aliphatic rings. The Morgan fingerprint density at radius 2 is 1.86 bits per heavy atom. The quantitative estimate of drug-likeness (QED) is 0.362. The zero-order valence-electron chi connectivity index (χ0n) is 19.0. The van der Waals surface area contributed by atoms with Crippen LogP contribution in [0.15, 0.2) is 55.0 Å². The molecule has 7 nitrogen and oxygen atoms in total. The van der Waals surface area contributed by atoms with E-state index < -0.39 is 11.6 Å². The number of halogens is 2. The molecule has 0 radical (unpaired) electrons. The summed E-state index contributed by atoms with van der Waals surface area (Å²) in [7, 11) is 0. The highest BCUT2D eigenvalue weighted by Crippen LogP contribution is 2.33. The number of aryl methyl sites for hydroxylation is 2. The van der Waals surface area contributed by atoms with Crippen molar-refractivity contribution in [2.45, 2.75) is 26.4 Å². The third-order valence-electron chi connectivity index (χ3n) is 6.18. The minimum absolute atomic E-state index is 0.146. The van der Waals surface area contributed by atoms with Crippen molar-refractivity contribution < 1.29 is 13.5 Å². The van der Waals surface area contributed by atoms with Crippen molar-refractivity contribution in [3.63, 3.8) is 0 Å². The molecule has 0 bridgehead atoms. The zero-order chi connectivity index (χ0) is 24.1. The van der Waals surface area contributed by atoms with E-state index in [9.17, 15) is 8.78 Å². The van der Waals surface area contributed by atoms with E-state index in [2.05, 4.69) is 19.9 Å². The van der Waals surface area contributed by atoms with Crippen LogP contribution in [0.4, 0.5) is 8.78 Å². The van der Waals surface area contributed by atoms with Gasteiger partial charge in [0.05, 0.1) is 18.0 Å². The van der Waals surface area contributed by atoms with E-state index >= 15 is 0 Å². The highest BCUT2D eigenvalue weighted by atomic mass is 19.1. The molecule has 0 spiro atoms. The van der Waals surface area contributed by atoms with Crippen LogP contribution in [0.1, 0.15) is 35.3 Å². The summed E-state index contributed by atoms with van der Waals surface area (Å²) in [6.45, 7) is 4.14. The lowest BCUT2D eigenvalue weighted by Crippen LogP contribution is -2.13. The molecule has 1 aromatic carbocycles. The molecule has 5 aromatic rings. The van der Waals surface area contributed by atoms with Crippen LogP contribution in [0.5, 0.6) is 0 Å². The van der Waals surface area contributed by atoms with Gasteiger partial charge in [0.25, 0.3) is 0 Å². The largest absolute Gasteiger partial charge is 0.369 e. The Kier molecular flexibility index (Phi) is 5.07. The zero-order valence-corrected chi connectivity index (χ0v) is 19.0. The van der Waals surface area contributed by atoms with Crippen molar-refractivity contribution in [3.05, 3.63) is 89.4 Å². The molecule has 9 heteroatoms. The molecule has 0 fully saturated rings. The summed E-state index contributed by atoms with van der Waals surface area (Å²) in [5.74, 6) is -0.956. The van der Waals surface area contributed by atoms with Gasteiger partial charge < -0.3 is 9.14 Å². The monoisotopic (exact) mass is 470 g/mol. The Morgan fingerprint density at radius 3 is 2.71 bits per heavy atom. The fourth-order valence-corrected chi connectivity index (χ4v) is 4.22. The maximum absolute atomic E-state index is 14.8. The van der Waals surface area contributed by atoms with Crippen LogP contribution in [0, 0.1) is 25.5 Å². The molecule has 0 saturated carbocycles. The second kappa shape index (κ2) is 8.28. The van der Waals surface area contributed by atoms with Crippen molar-refractivity contribution >= 4 is 22.4 Å². The minimum atomic E-state index is -0.719. The number of ether oxygens (including phenoxy) is 1. The second-order valence-electron chi connectivity index (χ2n) is 8.48. The van der Waals surface area contributed by atoms with Gasteiger partial charge in [0.2, 0.25) is 0 Å². The Balaban J connectivity index is 1.51. The van der Waals surface area contributed by atoms with Gasteiger partial charge in [-0.05, 0) is 50.1 Å². The summed E-state index contributed by atoms with van der Waals surface area (Å²) in [6.07, 6.45) is 7.85. The van der Waals surface area contributed by atoms with Gasteiger partial charge in [-0.2, -0.15) is 0 Å². The normalized spacial score (nSPS) is 16.1. The lowest BCUT2D eigenvalue weighted by Gasteiger charge is -2.22. The summed E-state index contributed by atoms with van der Waals surface area (Å²) in [4.78, 5) is 22.9. The van der Waals surface area contributed by atoms with Crippen LogP contribution < -0.4 is 0 Å². The van der Waals surface area contributed by atoms with Crippen LogP contribution in [0.2, 0.25) is 0 Å². The Hall–Kier alpha value is -4.11. The first-order valence-corrected chi connectivity index (χ1v) is 11.2. The smallest absolute Gasteiger partial charge is 0.182 e. The van der Waals surface area contributed by atoms with Gasteiger partial charge in [0.1, 0.15) is 34.6 Å². The van der Waals surface area contributed by atoms with Crippen LogP contribution in [0.25, 0.3) is 33.6 Å². The molecular weight excluding hydrogens is 450 g/mol. The Labute approximate surface area is 199 Å². The summed E-state index contributed by atoms with van der Waals surface area (Å²) >= 11 is 0. The maximum atomic E-state index is 14.8. The van der Waals surface area contributed by atoms with Gasteiger partial charge in [0, 0.05) is 35.8 Å². The SMILES string of the molecule is Cc1nc2nc(C3=CC(c4ccc5nccn5c4)OCC3)nc(-c3ccc(F)cc3F)c2nc1C. The van der Waals surface area contributed by atoms with Crippen molar-refractivity contribution in [1.29, 1.82) is 0 Å². The predicted octanol–water partition coefficient (Wildman–Crippen LogP) is 5.17. The van der Waals surface area contributed by atoms with E-state index in [0.717, 1.165) is 28.5 Å². The van der Waals surface area contributed by atoms with E-state index in [4.69, 9.17) is 9.72 Å². The number of pyridine rings is 1. The number of aromatic nitrogens is 6. The fraction of sp³-hybridized carbons (Fsp3) is 0.192. The van der Waals surface area contributed by atoms with E-state index in [1.54, 1.807) is 6.20 Å². The highest BCUT2D eigenvalue weighted by Gasteiger charge is 2.23. The molecule has 1 aliphatic heterocycles. The molecule has 5 heterocycles. The average Bonchev–Trinajstić information content (AvgIpc) is 3.33. The van der Waals surface area contributed by atoms with Gasteiger partial charge in [0.15, 0.2) is 11.5 Å². The number of rotatable bonds is 3. The van der Waals surface area contributed by atoms with E-state index in [0.29, 0.717) is 35.7 Å². The Morgan fingerprint density at radius 1 is 1.00 bits per heavy atom. The average molecular weight is 470 g/mol. The summed E-state index contributed by atoms with van der Waals surface area (Å²) < 4.78 is 36.4. The van der Waals surface area contributed by atoms with Crippen molar-refractivity contribution in [2.75, 3.05) is 6.61 Å². The van der Waals surface area contributed by atoms with Gasteiger partial charge in [-0.3, -0.25) is 0 Å². The number of fused-ring (bicyclic) bond motifs is 2. The second-order valence-corrected chi connectivity index (χ2v) is 8.48. The van der Waals surface area contributed by atoms with Crippen molar-refractivity contribution in [1.82, 2.24) is 29.3 Å². The maximum Gasteiger partial charge on any atom is 0.182 e. The molecular formula is C26H20F2N6O. The molecule has 0 N–H and O–H groups in total. The molecule has 0 saturated heterocycles. The molecule has 35 heavy (non-hydrogen) atoms. The van der Waals surface area contributed by atoms with Gasteiger partial charge in [-0.15, -0.1) is 0 Å². The van der Waals surface area contributed by atoms with Gasteiger partial charge in [-0.25, -0.2) is 33.7 Å². The Bertz CT molecular complexity index is 1640. The topological polar surface area (TPSA) is 78.1 Å². The molecule has 4 aromatic heterocycles. The van der Waals surface area contributed by atoms with Crippen LogP contribution in [-0.4, -0.2) is 35.9 Å². The lowest BCUT2D eigenvalue weighted by atomic mass is 10.0. The number of benzene rings is 1. The number of hydrogen-bond acceptors (Lipinski definition) is 6. The first-order valence-electron chi connectivity index (χ1n) is 11.2.